The van der Waals surface area contributed by atoms with Gasteiger partial charge in [-0.1, -0.05) is 41.7 Å². The fourth-order valence-corrected chi connectivity index (χ4v) is 5.53. The second-order valence-electron chi connectivity index (χ2n) is 7.78. The molecule has 2 N–H and O–H groups in total. The van der Waals surface area contributed by atoms with Gasteiger partial charge in [0.25, 0.3) is 0 Å². The van der Waals surface area contributed by atoms with Gasteiger partial charge in [0.2, 0.25) is 0 Å². The first-order valence-corrected chi connectivity index (χ1v) is 11.6. The molecule has 1 aliphatic carbocycles. The topological polar surface area (TPSA) is 75.9 Å². The highest BCUT2D eigenvalue weighted by molar-refractivity contribution is 9.10. The first kappa shape index (κ1) is 18.9. The summed E-state index contributed by atoms with van der Waals surface area (Å²) in [6, 6.07) is 16.4. The van der Waals surface area contributed by atoms with E-state index in [2.05, 4.69) is 66.1 Å². The van der Waals surface area contributed by atoms with Crippen LogP contribution in [0.2, 0.25) is 0 Å². The van der Waals surface area contributed by atoms with E-state index in [1.807, 2.05) is 24.5 Å². The molecule has 2 unspecified atom stereocenters. The van der Waals surface area contributed by atoms with Gasteiger partial charge in [0.05, 0.1) is 35.2 Å². The average molecular weight is 492 g/mol. The number of thiazole rings is 1. The predicted octanol–water partition coefficient (Wildman–Crippen LogP) is 4.92. The Kier molecular flexibility index (Phi) is 4.52. The van der Waals surface area contributed by atoms with Crippen molar-refractivity contribution >= 4 is 53.8 Å². The third-order valence-corrected chi connectivity index (χ3v) is 7.09. The van der Waals surface area contributed by atoms with Crippen molar-refractivity contribution in [1.29, 1.82) is 0 Å². The number of nitrogens with zero attached hydrogens (tertiary/aromatic N) is 4. The van der Waals surface area contributed by atoms with Crippen LogP contribution in [-0.2, 0) is 13.0 Å². The van der Waals surface area contributed by atoms with Crippen molar-refractivity contribution in [2.75, 3.05) is 5.32 Å². The zero-order chi connectivity index (χ0) is 20.9. The molecule has 0 spiro atoms. The van der Waals surface area contributed by atoms with Crippen molar-refractivity contribution in [2.24, 2.45) is 0 Å². The summed E-state index contributed by atoms with van der Waals surface area (Å²) in [4.78, 5) is 13.7. The van der Waals surface area contributed by atoms with Crippen molar-refractivity contribution < 1.29 is 5.11 Å². The first-order chi connectivity index (χ1) is 15.1. The van der Waals surface area contributed by atoms with Crippen molar-refractivity contribution in [2.45, 2.75) is 25.1 Å². The second-order valence-corrected chi connectivity index (χ2v) is 9.73. The van der Waals surface area contributed by atoms with Crippen molar-refractivity contribution in [3.8, 4) is 0 Å². The first-order valence-electron chi connectivity index (χ1n) is 10.0. The molecule has 1 aliphatic rings. The molecule has 2 atom stereocenters. The van der Waals surface area contributed by atoms with Gasteiger partial charge in [0.15, 0.2) is 10.8 Å². The molecule has 3 heterocycles. The predicted molar refractivity (Wildman–Crippen MR) is 126 cm³/mol. The van der Waals surface area contributed by atoms with Crippen LogP contribution in [0.1, 0.15) is 22.7 Å². The molecule has 0 fully saturated rings. The molecule has 2 aromatic carbocycles. The number of benzene rings is 2. The summed E-state index contributed by atoms with van der Waals surface area (Å²) in [6.07, 6.45) is 3.85. The molecule has 0 saturated carbocycles. The number of fused-ring (bicyclic) bond motifs is 3. The highest BCUT2D eigenvalue weighted by Gasteiger charge is 2.31. The fraction of sp³-hybridized carbons (Fsp3) is 0.174. The second kappa shape index (κ2) is 7.40. The summed E-state index contributed by atoms with van der Waals surface area (Å²) in [5.74, 6) is 0. The van der Waals surface area contributed by atoms with E-state index in [-0.39, 0.29) is 6.04 Å². The minimum Gasteiger partial charge on any atom is -0.390 e. The molecular formula is C23H18BrN5OS. The molecule has 3 aromatic heterocycles. The minimum atomic E-state index is -0.443. The zero-order valence-corrected chi connectivity index (χ0v) is 18.8. The molecule has 6 rings (SSSR count). The lowest BCUT2D eigenvalue weighted by Crippen LogP contribution is -2.20. The standard InChI is InChI=1S/C23H18BrN5OS/c24-15-9-18-22(25-10-15)29(12-26-18)11-13-5-6-17-20(7-13)31-23(27-17)28-21-16-4-2-1-3-14(16)8-19(21)30/h1-7,9-10,12,19,21,30H,8,11H2,(H,27,28). The van der Waals surface area contributed by atoms with Crippen LogP contribution in [0.15, 0.2) is 65.5 Å². The Labute approximate surface area is 190 Å². The molecule has 154 valence electrons. The maximum atomic E-state index is 10.5. The van der Waals surface area contributed by atoms with E-state index in [9.17, 15) is 5.11 Å². The Balaban J connectivity index is 1.27. The number of halogens is 1. The quantitative estimate of drug-likeness (QED) is 0.373. The maximum Gasteiger partial charge on any atom is 0.184 e. The van der Waals surface area contributed by atoms with Crippen LogP contribution in [0.3, 0.4) is 0 Å². The number of aliphatic hydroxyl groups is 1. The summed E-state index contributed by atoms with van der Waals surface area (Å²) < 4.78 is 4.09. The van der Waals surface area contributed by atoms with Gasteiger partial charge in [-0.25, -0.2) is 15.0 Å². The van der Waals surface area contributed by atoms with E-state index in [1.165, 1.54) is 5.56 Å². The molecule has 5 aromatic rings. The smallest absolute Gasteiger partial charge is 0.184 e. The Hall–Kier alpha value is -2.81. The third-order valence-electron chi connectivity index (χ3n) is 5.71. The van der Waals surface area contributed by atoms with Gasteiger partial charge >= 0.3 is 0 Å². The van der Waals surface area contributed by atoms with Crippen LogP contribution in [0, 0.1) is 0 Å². The van der Waals surface area contributed by atoms with Gasteiger partial charge in [-0.05, 0) is 50.8 Å². The van der Waals surface area contributed by atoms with Crippen LogP contribution in [0.5, 0.6) is 0 Å². The van der Waals surface area contributed by atoms with Crippen molar-refractivity contribution in [3.63, 3.8) is 0 Å². The molecule has 0 aliphatic heterocycles. The lowest BCUT2D eigenvalue weighted by molar-refractivity contribution is 0.166. The minimum absolute atomic E-state index is 0.126. The maximum absolute atomic E-state index is 10.5. The van der Waals surface area contributed by atoms with Crippen LogP contribution in [-0.4, -0.2) is 30.7 Å². The van der Waals surface area contributed by atoms with Crippen molar-refractivity contribution in [3.05, 3.63) is 82.2 Å². The summed E-state index contributed by atoms with van der Waals surface area (Å²) >= 11 is 5.06. The Morgan fingerprint density at radius 2 is 2.03 bits per heavy atom. The molecule has 31 heavy (non-hydrogen) atoms. The third kappa shape index (κ3) is 3.40. The van der Waals surface area contributed by atoms with Gasteiger partial charge in [-0.2, -0.15) is 0 Å². The Morgan fingerprint density at radius 1 is 1.13 bits per heavy atom. The lowest BCUT2D eigenvalue weighted by atomic mass is 10.1. The van der Waals surface area contributed by atoms with Gasteiger partial charge in [-0.3, -0.25) is 0 Å². The zero-order valence-electron chi connectivity index (χ0n) is 16.4. The van der Waals surface area contributed by atoms with E-state index in [0.29, 0.717) is 13.0 Å². The molecule has 0 saturated heterocycles. The number of aliphatic hydroxyl groups excluding tert-OH is 1. The van der Waals surface area contributed by atoms with Gasteiger partial charge in [-0.15, -0.1) is 0 Å². The number of rotatable bonds is 4. The molecule has 6 nitrogen and oxygen atoms in total. The van der Waals surface area contributed by atoms with Crippen LogP contribution in [0.4, 0.5) is 5.13 Å². The lowest BCUT2D eigenvalue weighted by Gasteiger charge is -2.16. The molecule has 8 heteroatoms. The number of pyridine rings is 1. The van der Waals surface area contributed by atoms with E-state index in [1.54, 1.807) is 17.5 Å². The number of nitrogens with one attached hydrogen (secondary N) is 1. The summed E-state index contributed by atoms with van der Waals surface area (Å²) in [7, 11) is 0. The highest BCUT2D eigenvalue weighted by atomic mass is 79.9. The Morgan fingerprint density at radius 3 is 2.97 bits per heavy atom. The van der Waals surface area contributed by atoms with Gasteiger partial charge in [0, 0.05) is 17.1 Å². The number of anilines is 1. The molecule has 0 amide bonds. The number of aromatic nitrogens is 4. The normalized spacial score (nSPS) is 18.0. The van der Waals surface area contributed by atoms with Gasteiger partial charge in [0.1, 0.15) is 5.52 Å². The van der Waals surface area contributed by atoms with E-state index in [0.717, 1.165) is 42.1 Å². The fourth-order valence-electron chi connectivity index (χ4n) is 4.25. The van der Waals surface area contributed by atoms with Crippen molar-refractivity contribution in [1.82, 2.24) is 19.5 Å². The van der Waals surface area contributed by atoms with Crippen LogP contribution >= 0.6 is 27.3 Å². The Bertz CT molecular complexity index is 1430. The SMILES string of the molecule is OC1Cc2ccccc2C1Nc1nc2ccc(Cn3cnc4cc(Br)cnc43)cc2s1. The number of imidazole rings is 1. The summed E-state index contributed by atoms with van der Waals surface area (Å²) in [5, 5.41) is 14.8. The molecule has 0 bridgehead atoms. The van der Waals surface area contributed by atoms with Crippen LogP contribution in [0.25, 0.3) is 21.4 Å². The van der Waals surface area contributed by atoms with Crippen LogP contribution < -0.4 is 5.32 Å². The van der Waals surface area contributed by atoms with Gasteiger partial charge < -0.3 is 15.0 Å². The van der Waals surface area contributed by atoms with E-state index in [4.69, 9.17) is 4.98 Å². The molecule has 0 radical (unpaired) electrons. The number of hydrogen-bond acceptors (Lipinski definition) is 6. The largest absolute Gasteiger partial charge is 0.390 e. The average Bonchev–Trinajstić information content (AvgIpc) is 3.43. The summed E-state index contributed by atoms with van der Waals surface area (Å²) in [6.45, 7) is 0.691. The van der Waals surface area contributed by atoms with E-state index < -0.39 is 6.10 Å². The number of hydrogen-bond donors (Lipinski definition) is 2. The molecular weight excluding hydrogens is 474 g/mol. The monoisotopic (exact) mass is 491 g/mol. The van der Waals surface area contributed by atoms with E-state index >= 15 is 0 Å². The highest BCUT2D eigenvalue weighted by Crippen LogP contribution is 2.36. The summed E-state index contributed by atoms with van der Waals surface area (Å²) in [5.41, 5.74) is 6.21.